The highest BCUT2D eigenvalue weighted by molar-refractivity contribution is 5.91. The molecule has 2 aromatic rings. The van der Waals surface area contributed by atoms with E-state index in [0.717, 1.165) is 16.9 Å². The van der Waals surface area contributed by atoms with Crippen LogP contribution in [0.1, 0.15) is 25.0 Å². The number of hydrogen-bond donors (Lipinski definition) is 1. The number of carbonyl (C=O) groups is 1. The molecule has 0 aliphatic rings. The number of nitrogens with zero attached hydrogens (tertiary/aromatic N) is 2. The predicted octanol–water partition coefficient (Wildman–Crippen LogP) is 4.25. The lowest BCUT2D eigenvalue weighted by Gasteiger charge is -2.19. The van der Waals surface area contributed by atoms with E-state index in [2.05, 4.69) is 0 Å². The zero-order valence-corrected chi connectivity index (χ0v) is 19.9. The number of guanidine groups is 1. The third-order valence-corrected chi connectivity index (χ3v) is 4.05. The molecule has 0 saturated carbocycles. The first-order valence-corrected chi connectivity index (χ1v) is 10.5. The van der Waals surface area contributed by atoms with Crippen LogP contribution in [0.2, 0.25) is 0 Å². The van der Waals surface area contributed by atoms with Gasteiger partial charge >= 0.3 is 5.97 Å². The molecule has 32 heavy (non-hydrogen) atoms. The van der Waals surface area contributed by atoms with E-state index in [1.807, 2.05) is 89.7 Å². The van der Waals surface area contributed by atoms with Gasteiger partial charge in [-0.05, 0) is 43.2 Å². The second-order valence-electron chi connectivity index (χ2n) is 7.12. The van der Waals surface area contributed by atoms with Crippen LogP contribution in [0.4, 0.5) is 0 Å². The van der Waals surface area contributed by atoms with Crippen LogP contribution in [0.3, 0.4) is 0 Å². The number of carbonyl (C=O) groups excluding carboxylic acids is 1. The van der Waals surface area contributed by atoms with Crippen molar-refractivity contribution in [3.63, 3.8) is 0 Å². The molecule has 0 fully saturated rings. The third kappa shape index (κ3) is 10.0. The molecule has 174 valence electrons. The second-order valence-corrected chi connectivity index (χ2v) is 7.12. The fraction of sp³-hybridized carbons (Fsp3) is 0.360. The van der Waals surface area contributed by atoms with Gasteiger partial charge in [0.1, 0.15) is 12.4 Å². The highest BCUT2D eigenvalue weighted by Crippen LogP contribution is 2.17. The lowest BCUT2D eigenvalue weighted by atomic mass is 10.2. The molecule has 0 aliphatic heterocycles. The number of rotatable bonds is 8. The summed E-state index contributed by atoms with van der Waals surface area (Å²) in [5, 5.41) is 7.25. The Hall–Kier alpha value is -3.48. The largest absolute Gasteiger partial charge is 0.489 e. The van der Waals surface area contributed by atoms with Crippen LogP contribution < -0.4 is 4.74 Å². The van der Waals surface area contributed by atoms with Crippen molar-refractivity contribution in [1.82, 2.24) is 9.80 Å². The van der Waals surface area contributed by atoms with Crippen LogP contribution in [0.25, 0.3) is 6.08 Å². The summed E-state index contributed by atoms with van der Waals surface area (Å²) in [4.78, 5) is 15.3. The first-order chi connectivity index (χ1) is 15.3. The Balaban J connectivity index is 0.000000547. The normalized spacial score (nSPS) is 10.4. The summed E-state index contributed by atoms with van der Waals surface area (Å²) < 4.78 is 16.1. The predicted molar refractivity (Wildman–Crippen MR) is 129 cm³/mol. The van der Waals surface area contributed by atoms with Crippen molar-refractivity contribution in [1.29, 1.82) is 5.41 Å². The van der Waals surface area contributed by atoms with E-state index in [-0.39, 0.29) is 5.76 Å². The maximum absolute atomic E-state index is 11.8. The number of nitrogens with one attached hydrogen (secondary N) is 1. The van der Waals surface area contributed by atoms with Crippen molar-refractivity contribution in [2.24, 2.45) is 0 Å². The molecule has 2 rings (SSSR count). The van der Waals surface area contributed by atoms with Crippen molar-refractivity contribution in [3.05, 3.63) is 71.5 Å². The van der Waals surface area contributed by atoms with E-state index < -0.39 is 5.97 Å². The number of esters is 1. The minimum absolute atomic E-state index is 0.206. The van der Waals surface area contributed by atoms with Gasteiger partial charge in [-0.15, -0.1) is 0 Å². The number of hydrogen-bond acceptors (Lipinski definition) is 5. The molecule has 0 saturated heterocycles. The van der Waals surface area contributed by atoms with Crippen LogP contribution in [0, 0.1) is 5.41 Å². The van der Waals surface area contributed by atoms with Gasteiger partial charge in [-0.3, -0.25) is 5.41 Å². The SMILES string of the molecule is CCOC(=O)C(=Cc1ccc(OCc2ccccc2)cc1)OCC.CN(C)C(=N)N(C)C. The van der Waals surface area contributed by atoms with E-state index >= 15 is 0 Å². The molecule has 0 aliphatic carbocycles. The van der Waals surface area contributed by atoms with Crippen LogP contribution in [-0.2, 0) is 20.9 Å². The molecular formula is C25H35N3O4. The summed E-state index contributed by atoms with van der Waals surface area (Å²) >= 11 is 0. The lowest BCUT2D eigenvalue weighted by molar-refractivity contribution is -0.142. The van der Waals surface area contributed by atoms with Gasteiger partial charge in [0.05, 0.1) is 13.2 Å². The average Bonchev–Trinajstić information content (AvgIpc) is 2.79. The van der Waals surface area contributed by atoms with Crippen molar-refractivity contribution >= 4 is 18.0 Å². The summed E-state index contributed by atoms with van der Waals surface area (Å²) in [6.07, 6.45) is 1.67. The fourth-order valence-corrected chi connectivity index (χ4v) is 2.47. The van der Waals surface area contributed by atoms with Crippen LogP contribution >= 0.6 is 0 Å². The van der Waals surface area contributed by atoms with E-state index in [0.29, 0.717) is 25.8 Å². The molecule has 0 amide bonds. The zero-order chi connectivity index (χ0) is 23.9. The molecule has 1 N–H and O–H groups in total. The summed E-state index contributed by atoms with van der Waals surface area (Å²) in [5.41, 5.74) is 1.96. The molecule has 0 atom stereocenters. The van der Waals surface area contributed by atoms with E-state index in [1.165, 1.54) is 0 Å². The van der Waals surface area contributed by atoms with Gasteiger partial charge in [-0.2, -0.15) is 0 Å². The third-order valence-electron chi connectivity index (χ3n) is 4.05. The number of ether oxygens (including phenoxy) is 3. The molecule has 0 heterocycles. The molecule has 2 aromatic carbocycles. The van der Waals surface area contributed by atoms with Crippen molar-refractivity contribution in [3.8, 4) is 5.75 Å². The Labute approximate surface area is 191 Å². The molecule has 0 unspecified atom stereocenters. The van der Waals surface area contributed by atoms with Gasteiger partial charge < -0.3 is 24.0 Å². The van der Waals surface area contributed by atoms with Gasteiger partial charge in [0.25, 0.3) is 0 Å². The van der Waals surface area contributed by atoms with Gasteiger partial charge in [-0.1, -0.05) is 42.5 Å². The molecule has 0 aromatic heterocycles. The second kappa shape index (κ2) is 14.5. The molecule has 7 heteroatoms. The van der Waals surface area contributed by atoms with Crippen molar-refractivity contribution in [2.45, 2.75) is 20.5 Å². The Bertz CT molecular complexity index is 837. The van der Waals surface area contributed by atoms with Crippen LogP contribution in [0.5, 0.6) is 5.75 Å². The lowest BCUT2D eigenvalue weighted by Crippen LogP contribution is -2.34. The van der Waals surface area contributed by atoms with Gasteiger partial charge in [-0.25, -0.2) is 4.79 Å². The minimum Gasteiger partial charge on any atom is -0.489 e. The quantitative estimate of drug-likeness (QED) is 0.217. The molecular weight excluding hydrogens is 406 g/mol. The Morgan fingerprint density at radius 1 is 0.875 bits per heavy atom. The maximum Gasteiger partial charge on any atom is 0.373 e. The first kappa shape index (κ1) is 26.6. The summed E-state index contributed by atoms with van der Waals surface area (Å²) in [5.74, 6) is 1.04. The van der Waals surface area contributed by atoms with Crippen LogP contribution in [-0.4, -0.2) is 63.1 Å². The van der Waals surface area contributed by atoms with Gasteiger partial charge in [0.15, 0.2) is 5.96 Å². The smallest absolute Gasteiger partial charge is 0.373 e. The van der Waals surface area contributed by atoms with Crippen molar-refractivity contribution < 1.29 is 19.0 Å². The monoisotopic (exact) mass is 441 g/mol. The molecule has 7 nitrogen and oxygen atoms in total. The average molecular weight is 442 g/mol. The number of benzene rings is 2. The standard InChI is InChI=1S/C20H22O4.C5H13N3/c1-3-22-19(20(21)23-4-2)14-16-10-12-18(13-11-16)24-15-17-8-6-5-7-9-17;1-7(2)5(6)8(3)4/h5-14H,3-4,15H2,1-2H3;6H,1-4H3. The fourth-order valence-electron chi connectivity index (χ4n) is 2.47. The molecule has 0 radical (unpaired) electrons. The van der Waals surface area contributed by atoms with Gasteiger partial charge in [0.2, 0.25) is 5.76 Å². The van der Waals surface area contributed by atoms with E-state index in [9.17, 15) is 4.79 Å². The minimum atomic E-state index is -0.455. The van der Waals surface area contributed by atoms with E-state index in [1.54, 1.807) is 22.8 Å². The highest BCUT2D eigenvalue weighted by Gasteiger charge is 2.11. The summed E-state index contributed by atoms with van der Waals surface area (Å²) in [6, 6.07) is 17.5. The Morgan fingerprint density at radius 3 is 1.91 bits per heavy atom. The first-order valence-electron chi connectivity index (χ1n) is 10.5. The van der Waals surface area contributed by atoms with Crippen molar-refractivity contribution in [2.75, 3.05) is 41.4 Å². The van der Waals surface area contributed by atoms with Crippen LogP contribution in [0.15, 0.2) is 60.4 Å². The zero-order valence-electron chi connectivity index (χ0n) is 19.9. The maximum atomic E-state index is 11.8. The molecule has 0 spiro atoms. The van der Waals surface area contributed by atoms with Gasteiger partial charge in [0, 0.05) is 28.2 Å². The highest BCUT2D eigenvalue weighted by atomic mass is 16.6. The topological polar surface area (TPSA) is 75.1 Å². The summed E-state index contributed by atoms with van der Waals surface area (Å²) in [6.45, 7) is 4.83. The summed E-state index contributed by atoms with van der Waals surface area (Å²) in [7, 11) is 7.40. The van der Waals surface area contributed by atoms with E-state index in [4.69, 9.17) is 19.6 Å². The Morgan fingerprint density at radius 2 is 1.44 bits per heavy atom. The molecule has 0 bridgehead atoms. The Kier molecular flexibility index (Phi) is 12.0.